The fourth-order valence-electron chi connectivity index (χ4n) is 2.30. The Hall–Kier alpha value is -2.56. The van der Waals surface area contributed by atoms with Crippen molar-refractivity contribution in [1.82, 2.24) is 15.1 Å². The van der Waals surface area contributed by atoms with Crippen LogP contribution in [0.2, 0.25) is 5.02 Å². The van der Waals surface area contributed by atoms with Crippen LogP contribution in [0.1, 0.15) is 20.4 Å². The van der Waals surface area contributed by atoms with Crippen molar-refractivity contribution in [3.05, 3.63) is 57.1 Å². The molecular formula is C17H16ClN5O3S2. The molecule has 0 spiro atoms. The zero-order valence-corrected chi connectivity index (χ0v) is 16.9. The van der Waals surface area contributed by atoms with Crippen LogP contribution < -0.4 is 11.5 Å². The molecule has 0 aliphatic heterocycles. The first-order valence-corrected chi connectivity index (χ1v) is 10.2. The van der Waals surface area contributed by atoms with E-state index in [1.54, 1.807) is 23.1 Å². The van der Waals surface area contributed by atoms with E-state index in [9.17, 15) is 9.59 Å². The van der Waals surface area contributed by atoms with Crippen molar-refractivity contribution in [2.75, 3.05) is 11.5 Å². The number of halogens is 1. The average Bonchev–Trinajstić information content (AvgIpc) is 3.29. The molecule has 0 aliphatic rings. The number of thiophene rings is 1. The number of benzene rings is 1. The molecule has 3 rings (SSSR count). The molecule has 3 aromatic rings. The van der Waals surface area contributed by atoms with Crippen LogP contribution in [0.3, 0.4) is 0 Å². The minimum atomic E-state index is -0.506. The van der Waals surface area contributed by atoms with Crippen molar-refractivity contribution in [2.45, 2.75) is 18.0 Å². The number of hydrogen-bond donors (Lipinski definition) is 2. The highest BCUT2D eigenvalue weighted by Crippen LogP contribution is 2.27. The summed E-state index contributed by atoms with van der Waals surface area (Å²) in [5.74, 6) is -0.273. The first-order chi connectivity index (χ1) is 13.4. The molecule has 2 amide bonds. The lowest BCUT2D eigenvalue weighted by Gasteiger charge is -2.20. The molecule has 2 heterocycles. The fraction of sp³-hybridized carbons (Fsp3) is 0.176. The van der Waals surface area contributed by atoms with Crippen molar-refractivity contribution in [2.24, 2.45) is 5.73 Å². The highest BCUT2D eigenvalue weighted by molar-refractivity contribution is 8.00. The zero-order chi connectivity index (χ0) is 20.1. The molecule has 0 radical (unpaired) electrons. The van der Waals surface area contributed by atoms with Gasteiger partial charge in [-0.25, -0.2) is 0 Å². The Bertz CT molecular complexity index is 991. The third kappa shape index (κ3) is 5.24. The lowest BCUT2D eigenvalue weighted by molar-refractivity contribution is -0.129. The Morgan fingerprint density at radius 2 is 1.96 bits per heavy atom. The van der Waals surface area contributed by atoms with Crippen LogP contribution in [0.4, 0.5) is 6.01 Å². The molecule has 0 atom stereocenters. The second-order valence-electron chi connectivity index (χ2n) is 5.63. The number of nitrogens with zero attached hydrogens (tertiary/aromatic N) is 3. The molecule has 0 bridgehead atoms. The maximum atomic E-state index is 12.8. The van der Waals surface area contributed by atoms with Gasteiger partial charge in [0.25, 0.3) is 5.91 Å². The smallest absolute Gasteiger partial charge is 0.312 e. The number of nitrogens with two attached hydrogens (primary N) is 2. The van der Waals surface area contributed by atoms with E-state index in [0.717, 1.165) is 9.77 Å². The number of aromatic nitrogens is 2. The van der Waals surface area contributed by atoms with Gasteiger partial charge in [-0.2, -0.15) is 0 Å². The summed E-state index contributed by atoms with van der Waals surface area (Å²) in [6, 6.07) is 10.6. The quantitative estimate of drug-likeness (QED) is 0.518. The first kappa shape index (κ1) is 20.2. The number of anilines is 1. The highest BCUT2D eigenvalue weighted by Gasteiger charge is 2.20. The molecule has 4 N–H and O–H groups in total. The number of carbonyl (C=O) groups excluding carboxylic acids is 2. The van der Waals surface area contributed by atoms with E-state index in [-0.39, 0.29) is 36.7 Å². The largest absolute Gasteiger partial charge is 0.406 e. The van der Waals surface area contributed by atoms with Crippen LogP contribution in [-0.4, -0.2) is 32.7 Å². The summed E-state index contributed by atoms with van der Waals surface area (Å²) < 4.78 is 5.19. The van der Waals surface area contributed by atoms with Gasteiger partial charge in [0.2, 0.25) is 11.8 Å². The van der Waals surface area contributed by atoms with E-state index in [1.807, 2.05) is 18.2 Å². The van der Waals surface area contributed by atoms with Gasteiger partial charge >= 0.3 is 6.01 Å². The fourth-order valence-corrected chi connectivity index (χ4v) is 4.32. The third-order valence-electron chi connectivity index (χ3n) is 3.60. The van der Waals surface area contributed by atoms with Gasteiger partial charge in [-0.3, -0.25) is 9.59 Å². The number of nitrogen functional groups attached to an aromatic ring is 1. The second kappa shape index (κ2) is 9.09. The van der Waals surface area contributed by atoms with Gasteiger partial charge in [0, 0.05) is 9.77 Å². The number of hydrogen-bond acceptors (Lipinski definition) is 8. The number of primary amides is 1. The van der Waals surface area contributed by atoms with Gasteiger partial charge in [0.05, 0.1) is 28.7 Å². The Balaban J connectivity index is 1.73. The van der Waals surface area contributed by atoms with Crippen LogP contribution in [0.15, 0.2) is 45.7 Å². The zero-order valence-electron chi connectivity index (χ0n) is 14.5. The second-order valence-corrected chi connectivity index (χ2v) is 8.23. The molecule has 0 saturated carbocycles. The van der Waals surface area contributed by atoms with Gasteiger partial charge in [-0.05, 0) is 24.3 Å². The summed E-state index contributed by atoms with van der Waals surface area (Å²) in [6.45, 7) is 0.359. The molecular weight excluding hydrogens is 422 g/mol. The maximum absolute atomic E-state index is 12.8. The van der Waals surface area contributed by atoms with Crippen molar-refractivity contribution < 1.29 is 14.0 Å². The SMILES string of the molecule is NC(=O)c1ccc(CN(Cc2nnc(N)o2)C(=O)CSc2ccccc2Cl)s1. The summed E-state index contributed by atoms with van der Waals surface area (Å²) in [5.41, 5.74) is 10.8. The van der Waals surface area contributed by atoms with E-state index < -0.39 is 5.91 Å². The number of carbonyl (C=O) groups is 2. The molecule has 1 aromatic carbocycles. The lowest BCUT2D eigenvalue weighted by Crippen LogP contribution is -2.31. The topological polar surface area (TPSA) is 128 Å². The predicted molar refractivity (Wildman–Crippen MR) is 108 cm³/mol. The number of amides is 2. The van der Waals surface area contributed by atoms with Gasteiger partial charge < -0.3 is 20.8 Å². The minimum absolute atomic E-state index is 0.0695. The highest BCUT2D eigenvalue weighted by atomic mass is 35.5. The molecule has 2 aromatic heterocycles. The van der Waals surface area contributed by atoms with Crippen molar-refractivity contribution in [3.8, 4) is 0 Å². The van der Waals surface area contributed by atoms with Gasteiger partial charge in [0.15, 0.2) is 0 Å². The summed E-state index contributed by atoms with van der Waals surface area (Å²) in [7, 11) is 0. The summed E-state index contributed by atoms with van der Waals surface area (Å²) in [6.07, 6.45) is 0. The van der Waals surface area contributed by atoms with Gasteiger partial charge in [-0.1, -0.05) is 28.8 Å². The van der Waals surface area contributed by atoms with Crippen molar-refractivity contribution >= 4 is 52.5 Å². The predicted octanol–water partition coefficient (Wildman–Crippen LogP) is 2.79. The van der Waals surface area contributed by atoms with Crippen LogP contribution >= 0.6 is 34.7 Å². The van der Waals surface area contributed by atoms with Gasteiger partial charge in [-0.15, -0.1) is 28.2 Å². The average molecular weight is 438 g/mol. The Morgan fingerprint density at radius 1 is 1.18 bits per heavy atom. The minimum Gasteiger partial charge on any atom is -0.406 e. The Kier molecular flexibility index (Phi) is 6.55. The Labute approximate surface area is 173 Å². The molecule has 28 heavy (non-hydrogen) atoms. The molecule has 11 heteroatoms. The van der Waals surface area contributed by atoms with Crippen LogP contribution in [0, 0.1) is 0 Å². The molecule has 0 aliphatic carbocycles. The van der Waals surface area contributed by atoms with E-state index in [1.165, 1.54) is 23.1 Å². The number of rotatable bonds is 8. The van der Waals surface area contributed by atoms with E-state index >= 15 is 0 Å². The van der Waals surface area contributed by atoms with E-state index in [2.05, 4.69) is 10.2 Å². The van der Waals surface area contributed by atoms with Crippen molar-refractivity contribution in [3.63, 3.8) is 0 Å². The van der Waals surface area contributed by atoms with Gasteiger partial charge in [0.1, 0.15) is 0 Å². The monoisotopic (exact) mass is 437 g/mol. The van der Waals surface area contributed by atoms with Crippen molar-refractivity contribution in [1.29, 1.82) is 0 Å². The summed E-state index contributed by atoms with van der Waals surface area (Å²) in [4.78, 5) is 27.7. The van der Waals surface area contributed by atoms with E-state index in [4.69, 9.17) is 27.5 Å². The standard InChI is InChI=1S/C17H16ClN5O3S2/c18-11-3-1-2-4-12(11)27-9-15(24)23(8-14-21-22-17(20)26-14)7-10-5-6-13(28-10)16(19)25/h1-6H,7-9H2,(H2,19,25)(H2,20,22). The molecule has 8 nitrogen and oxygen atoms in total. The first-order valence-electron chi connectivity index (χ1n) is 8.04. The Morgan fingerprint density at radius 3 is 2.61 bits per heavy atom. The summed E-state index contributed by atoms with van der Waals surface area (Å²) >= 11 is 8.71. The number of thioether (sulfide) groups is 1. The lowest BCUT2D eigenvalue weighted by atomic mass is 10.3. The molecule has 0 unspecified atom stereocenters. The maximum Gasteiger partial charge on any atom is 0.312 e. The normalized spacial score (nSPS) is 10.8. The van der Waals surface area contributed by atoms with Crippen LogP contribution in [0.5, 0.6) is 0 Å². The van der Waals surface area contributed by atoms with Crippen LogP contribution in [-0.2, 0) is 17.9 Å². The van der Waals surface area contributed by atoms with E-state index in [0.29, 0.717) is 9.90 Å². The molecule has 0 saturated heterocycles. The molecule has 146 valence electrons. The summed E-state index contributed by atoms with van der Waals surface area (Å²) in [5, 5.41) is 8.01. The third-order valence-corrected chi connectivity index (χ3v) is 6.18. The van der Waals surface area contributed by atoms with Crippen LogP contribution in [0.25, 0.3) is 0 Å². The molecule has 0 fully saturated rings.